The Bertz CT molecular complexity index is 556. The van der Waals surface area contributed by atoms with E-state index >= 15 is 0 Å². The third kappa shape index (κ3) is 4.47. The summed E-state index contributed by atoms with van der Waals surface area (Å²) in [6, 6.07) is 4.09. The summed E-state index contributed by atoms with van der Waals surface area (Å²) < 4.78 is 0.728. The fourth-order valence-electron chi connectivity index (χ4n) is 2.94. The number of nitrogen functional groups attached to an aromatic ring is 1. The van der Waals surface area contributed by atoms with E-state index in [0.29, 0.717) is 23.6 Å². The third-order valence-electron chi connectivity index (χ3n) is 4.16. The van der Waals surface area contributed by atoms with Crippen molar-refractivity contribution in [2.24, 2.45) is 5.92 Å². The van der Waals surface area contributed by atoms with Gasteiger partial charge in [0.2, 0.25) is 0 Å². The number of carbonyl (C=O) groups is 2. The van der Waals surface area contributed by atoms with Crippen molar-refractivity contribution in [3.05, 3.63) is 28.2 Å². The van der Waals surface area contributed by atoms with Crippen LogP contribution in [0.1, 0.15) is 48.9 Å². The zero-order chi connectivity index (χ0) is 16.1. The van der Waals surface area contributed by atoms with Crippen molar-refractivity contribution >= 4 is 33.5 Å². The van der Waals surface area contributed by atoms with Gasteiger partial charge in [0.1, 0.15) is 6.04 Å². The van der Waals surface area contributed by atoms with Gasteiger partial charge in [0.25, 0.3) is 5.91 Å². The minimum absolute atomic E-state index is 0.296. The minimum atomic E-state index is -0.993. The number of halogens is 1. The molecule has 22 heavy (non-hydrogen) atoms. The number of amides is 1. The lowest BCUT2D eigenvalue weighted by atomic mass is 9.85. The quantitative estimate of drug-likeness (QED) is 0.695. The Hall–Kier alpha value is -1.56. The average molecular weight is 369 g/mol. The number of rotatable bonds is 5. The van der Waals surface area contributed by atoms with E-state index in [4.69, 9.17) is 5.73 Å². The van der Waals surface area contributed by atoms with E-state index in [1.165, 1.54) is 6.42 Å². The molecule has 1 amide bonds. The molecule has 5 nitrogen and oxygen atoms in total. The van der Waals surface area contributed by atoms with E-state index < -0.39 is 17.9 Å². The van der Waals surface area contributed by atoms with Crippen LogP contribution in [0.4, 0.5) is 5.69 Å². The minimum Gasteiger partial charge on any atom is -0.480 e. The molecular weight excluding hydrogens is 348 g/mol. The number of anilines is 1. The Morgan fingerprint density at radius 1 is 1.32 bits per heavy atom. The second-order valence-electron chi connectivity index (χ2n) is 5.84. The Kier molecular flexibility index (Phi) is 5.83. The van der Waals surface area contributed by atoms with Crippen molar-refractivity contribution in [1.29, 1.82) is 0 Å². The average Bonchev–Trinajstić information content (AvgIpc) is 2.50. The predicted octanol–water partition coefficient (Wildman–Crippen LogP) is 3.18. The van der Waals surface area contributed by atoms with Gasteiger partial charge in [0, 0.05) is 10.2 Å². The number of hydrogen-bond donors (Lipinski definition) is 3. The van der Waals surface area contributed by atoms with Gasteiger partial charge in [-0.2, -0.15) is 0 Å². The molecule has 1 fully saturated rings. The molecule has 0 spiro atoms. The zero-order valence-electron chi connectivity index (χ0n) is 12.3. The Balaban J connectivity index is 2.05. The number of carboxylic acids is 1. The summed E-state index contributed by atoms with van der Waals surface area (Å²) >= 11 is 3.29. The lowest BCUT2D eigenvalue weighted by Gasteiger charge is -2.25. The molecule has 0 saturated heterocycles. The van der Waals surface area contributed by atoms with Crippen molar-refractivity contribution in [1.82, 2.24) is 5.32 Å². The van der Waals surface area contributed by atoms with Gasteiger partial charge < -0.3 is 16.2 Å². The monoisotopic (exact) mass is 368 g/mol. The van der Waals surface area contributed by atoms with Crippen LogP contribution in [0, 0.1) is 5.92 Å². The van der Waals surface area contributed by atoms with Crippen LogP contribution in [0.3, 0.4) is 0 Å². The first-order chi connectivity index (χ1) is 10.5. The van der Waals surface area contributed by atoms with E-state index in [-0.39, 0.29) is 0 Å². The van der Waals surface area contributed by atoms with Gasteiger partial charge >= 0.3 is 5.97 Å². The molecule has 1 aliphatic rings. The van der Waals surface area contributed by atoms with Crippen LogP contribution in [0.2, 0.25) is 0 Å². The number of carbonyl (C=O) groups excluding carboxylic acids is 1. The van der Waals surface area contributed by atoms with E-state index in [1.54, 1.807) is 18.2 Å². The van der Waals surface area contributed by atoms with E-state index in [1.807, 2.05) is 0 Å². The van der Waals surface area contributed by atoms with Crippen LogP contribution >= 0.6 is 15.9 Å². The second-order valence-corrected chi connectivity index (χ2v) is 6.75. The summed E-state index contributed by atoms with van der Waals surface area (Å²) in [4.78, 5) is 23.7. The normalized spacial score (nSPS) is 17.0. The van der Waals surface area contributed by atoms with Gasteiger partial charge in [-0.1, -0.05) is 48.0 Å². The maximum Gasteiger partial charge on any atom is 0.326 e. The summed E-state index contributed by atoms with van der Waals surface area (Å²) in [5.74, 6) is -1.07. The van der Waals surface area contributed by atoms with Crippen molar-refractivity contribution in [2.75, 3.05) is 5.73 Å². The summed E-state index contributed by atoms with van der Waals surface area (Å²) in [6.45, 7) is 0. The summed E-state index contributed by atoms with van der Waals surface area (Å²) in [7, 11) is 0. The van der Waals surface area contributed by atoms with Crippen LogP contribution in [0.25, 0.3) is 0 Å². The summed E-state index contributed by atoms with van der Waals surface area (Å²) in [6.07, 6.45) is 6.06. The van der Waals surface area contributed by atoms with E-state index in [0.717, 1.165) is 30.2 Å². The topological polar surface area (TPSA) is 92.4 Å². The van der Waals surface area contributed by atoms with Crippen LogP contribution in [0.15, 0.2) is 22.7 Å². The molecule has 1 aromatic rings. The maximum absolute atomic E-state index is 12.3. The van der Waals surface area contributed by atoms with E-state index in [2.05, 4.69) is 21.2 Å². The van der Waals surface area contributed by atoms with Crippen molar-refractivity contribution in [3.8, 4) is 0 Å². The molecule has 0 aliphatic heterocycles. The van der Waals surface area contributed by atoms with Gasteiger partial charge in [-0.3, -0.25) is 4.79 Å². The van der Waals surface area contributed by atoms with Gasteiger partial charge in [-0.15, -0.1) is 0 Å². The first kappa shape index (κ1) is 16.8. The standard InChI is InChI=1S/C16H21BrN2O3/c17-11-6-7-13(18)12(9-11)15(20)19-14(16(21)22)8-10-4-2-1-3-5-10/h6-7,9-10,14H,1-5,8,18H2,(H,19,20)(H,21,22). The Morgan fingerprint density at radius 3 is 2.64 bits per heavy atom. The van der Waals surface area contributed by atoms with Crippen LogP contribution in [-0.4, -0.2) is 23.0 Å². The van der Waals surface area contributed by atoms with Crippen molar-refractivity contribution in [3.63, 3.8) is 0 Å². The third-order valence-corrected chi connectivity index (χ3v) is 4.65. The molecule has 2 rings (SSSR count). The number of nitrogens with two attached hydrogens (primary N) is 1. The number of benzene rings is 1. The van der Waals surface area contributed by atoms with Crippen LogP contribution < -0.4 is 11.1 Å². The highest BCUT2D eigenvalue weighted by Gasteiger charge is 2.26. The molecular formula is C16H21BrN2O3. The molecule has 0 heterocycles. The number of hydrogen-bond acceptors (Lipinski definition) is 3. The number of carboxylic acid groups (broad SMARTS) is 1. The highest BCUT2D eigenvalue weighted by atomic mass is 79.9. The molecule has 0 radical (unpaired) electrons. The first-order valence-corrected chi connectivity index (χ1v) is 8.35. The lowest BCUT2D eigenvalue weighted by molar-refractivity contribution is -0.139. The molecule has 1 atom stereocenters. The molecule has 1 unspecified atom stereocenters. The Morgan fingerprint density at radius 2 is 2.00 bits per heavy atom. The smallest absolute Gasteiger partial charge is 0.326 e. The fourth-order valence-corrected chi connectivity index (χ4v) is 3.30. The van der Waals surface area contributed by atoms with Crippen LogP contribution in [0.5, 0.6) is 0 Å². The van der Waals surface area contributed by atoms with E-state index in [9.17, 15) is 14.7 Å². The van der Waals surface area contributed by atoms with Gasteiger partial charge in [0.05, 0.1) is 5.56 Å². The van der Waals surface area contributed by atoms with Gasteiger partial charge in [0.15, 0.2) is 0 Å². The molecule has 120 valence electrons. The fraction of sp³-hybridized carbons (Fsp3) is 0.500. The lowest BCUT2D eigenvalue weighted by Crippen LogP contribution is -2.42. The molecule has 4 N–H and O–H groups in total. The predicted molar refractivity (Wildman–Crippen MR) is 88.6 cm³/mol. The number of aliphatic carboxylic acids is 1. The second kappa shape index (κ2) is 7.63. The molecule has 1 aliphatic carbocycles. The Labute approximate surface area is 138 Å². The molecule has 0 aromatic heterocycles. The summed E-state index contributed by atoms with van der Waals surface area (Å²) in [5.41, 5.74) is 6.43. The van der Waals surface area contributed by atoms with Crippen molar-refractivity contribution < 1.29 is 14.7 Å². The number of nitrogens with one attached hydrogen (secondary N) is 1. The molecule has 6 heteroatoms. The van der Waals surface area contributed by atoms with Gasteiger partial charge in [-0.25, -0.2) is 4.79 Å². The zero-order valence-corrected chi connectivity index (χ0v) is 13.9. The highest BCUT2D eigenvalue weighted by Crippen LogP contribution is 2.27. The van der Waals surface area contributed by atoms with Crippen molar-refractivity contribution in [2.45, 2.75) is 44.6 Å². The molecule has 1 saturated carbocycles. The summed E-state index contributed by atoms with van der Waals surface area (Å²) in [5, 5.41) is 12.0. The largest absolute Gasteiger partial charge is 0.480 e. The van der Waals surface area contributed by atoms with Crippen LogP contribution in [-0.2, 0) is 4.79 Å². The molecule has 0 bridgehead atoms. The SMILES string of the molecule is Nc1ccc(Br)cc1C(=O)NC(CC1CCCCC1)C(=O)O. The van der Waals surface area contributed by atoms with Gasteiger partial charge in [-0.05, 0) is 30.5 Å². The molecule has 1 aromatic carbocycles. The first-order valence-electron chi connectivity index (χ1n) is 7.56. The maximum atomic E-state index is 12.3. The highest BCUT2D eigenvalue weighted by molar-refractivity contribution is 9.10.